The summed E-state index contributed by atoms with van der Waals surface area (Å²) in [6.45, 7) is 11.1. The number of nitrogens with zero attached hydrogens (tertiary/aromatic N) is 3. The largest absolute Gasteiger partial charge is 0.467 e. The number of benzene rings is 2. The Kier molecular flexibility index (Phi) is 6.93. The minimum absolute atomic E-state index is 0.0740. The van der Waals surface area contributed by atoms with Crippen LogP contribution in [0, 0.1) is 13.8 Å². The number of carbonyl (C=O) groups is 1. The lowest BCUT2D eigenvalue weighted by Gasteiger charge is -2.19. The molecule has 0 unspecified atom stereocenters. The number of amides is 1. The zero-order chi connectivity index (χ0) is 24.3. The fraction of sp³-hybridized carbons (Fsp3) is 0.296. The topological polar surface area (TPSA) is 73.0 Å². The van der Waals surface area contributed by atoms with E-state index < -0.39 is 0 Å². The number of hydrogen-bond acceptors (Lipinski definition) is 5. The quantitative estimate of drug-likeness (QED) is 0.321. The van der Waals surface area contributed by atoms with Crippen LogP contribution in [-0.2, 0) is 16.8 Å². The molecule has 0 saturated heterocycles. The average Bonchev–Trinajstić information content (AvgIpc) is 3.41. The fourth-order valence-electron chi connectivity index (χ4n) is 3.80. The van der Waals surface area contributed by atoms with Gasteiger partial charge < -0.3 is 9.73 Å². The van der Waals surface area contributed by atoms with E-state index in [1.807, 2.05) is 42.7 Å². The van der Waals surface area contributed by atoms with Gasteiger partial charge in [0.15, 0.2) is 11.0 Å². The maximum Gasteiger partial charge on any atom is 0.234 e. The highest BCUT2D eigenvalue weighted by molar-refractivity contribution is 7.99. The summed E-state index contributed by atoms with van der Waals surface area (Å²) in [5, 5.41) is 12.5. The van der Waals surface area contributed by atoms with Crippen LogP contribution in [-0.4, -0.2) is 26.4 Å². The first-order valence-corrected chi connectivity index (χ1v) is 12.2. The molecule has 0 bridgehead atoms. The second kappa shape index (κ2) is 9.89. The van der Waals surface area contributed by atoms with E-state index in [4.69, 9.17) is 4.42 Å². The molecule has 6 nitrogen and oxygen atoms in total. The van der Waals surface area contributed by atoms with Crippen LogP contribution >= 0.6 is 11.8 Å². The third-order valence-corrected chi connectivity index (χ3v) is 6.42. The Morgan fingerprint density at radius 2 is 1.74 bits per heavy atom. The maximum absolute atomic E-state index is 12.6. The second-order valence-corrected chi connectivity index (χ2v) is 10.5. The van der Waals surface area contributed by atoms with Gasteiger partial charge in [-0.25, -0.2) is 0 Å². The number of thioether (sulfide) groups is 1. The third-order valence-electron chi connectivity index (χ3n) is 5.46. The van der Waals surface area contributed by atoms with Gasteiger partial charge in [0, 0.05) is 11.3 Å². The number of anilines is 1. The third kappa shape index (κ3) is 5.78. The van der Waals surface area contributed by atoms with Gasteiger partial charge in [-0.15, -0.1) is 10.2 Å². The molecule has 1 N–H and O–H groups in total. The van der Waals surface area contributed by atoms with Gasteiger partial charge in [-0.2, -0.15) is 0 Å². The summed E-state index contributed by atoms with van der Waals surface area (Å²) >= 11 is 1.36. The molecule has 34 heavy (non-hydrogen) atoms. The number of hydrogen-bond donors (Lipinski definition) is 1. The molecule has 176 valence electrons. The predicted octanol–water partition coefficient (Wildman–Crippen LogP) is 6.23. The summed E-state index contributed by atoms with van der Waals surface area (Å²) < 4.78 is 7.58. The van der Waals surface area contributed by atoms with E-state index in [9.17, 15) is 4.79 Å². The van der Waals surface area contributed by atoms with Crippen molar-refractivity contribution in [2.24, 2.45) is 0 Å². The van der Waals surface area contributed by atoms with Crippen LogP contribution in [0.25, 0.3) is 11.4 Å². The van der Waals surface area contributed by atoms with E-state index in [-0.39, 0.29) is 17.1 Å². The normalized spacial score (nSPS) is 11.6. The van der Waals surface area contributed by atoms with Crippen molar-refractivity contribution in [3.05, 3.63) is 83.3 Å². The van der Waals surface area contributed by atoms with Crippen molar-refractivity contribution < 1.29 is 9.21 Å². The molecule has 2 aromatic heterocycles. The van der Waals surface area contributed by atoms with Crippen LogP contribution in [0.15, 0.2) is 70.4 Å². The Bertz CT molecular complexity index is 1250. The molecule has 4 aromatic rings. The molecule has 0 aliphatic carbocycles. The highest BCUT2D eigenvalue weighted by atomic mass is 32.2. The number of rotatable bonds is 7. The van der Waals surface area contributed by atoms with E-state index >= 15 is 0 Å². The first-order valence-electron chi connectivity index (χ1n) is 11.3. The Morgan fingerprint density at radius 1 is 1.03 bits per heavy atom. The zero-order valence-corrected chi connectivity index (χ0v) is 21.1. The molecular weight excluding hydrogens is 444 g/mol. The molecule has 7 heteroatoms. The van der Waals surface area contributed by atoms with E-state index in [1.165, 1.54) is 17.3 Å². The van der Waals surface area contributed by atoms with Crippen molar-refractivity contribution in [1.29, 1.82) is 0 Å². The van der Waals surface area contributed by atoms with Crippen LogP contribution in [0.5, 0.6) is 0 Å². The van der Waals surface area contributed by atoms with Gasteiger partial charge >= 0.3 is 0 Å². The predicted molar refractivity (Wildman–Crippen MR) is 137 cm³/mol. The monoisotopic (exact) mass is 474 g/mol. The number of furan rings is 1. The number of nitrogens with one attached hydrogen (secondary N) is 1. The first kappa shape index (κ1) is 23.8. The fourth-order valence-corrected chi connectivity index (χ4v) is 4.54. The molecule has 0 spiro atoms. The number of carbonyl (C=O) groups excluding carboxylic acids is 1. The van der Waals surface area contributed by atoms with E-state index in [0.29, 0.717) is 11.7 Å². The van der Waals surface area contributed by atoms with Gasteiger partial charge in [0.1, 0.15) is 5.76 Å². The van der Waals surface area contributed by atoms with Crippen molar-refractivity contribution in [3.8, 4) is 11.4 Å². The van der Waals surface area contributed by atoms with Gasteiger partial charge in [0.05, 0.1) is 18.6 Å². The zero-order valence-electron chi connectivity index (χ0n) is 20.3. The summed E-state index contributed by atoms with van der Waals surface area (Å²) in [5.41, 5.74) is 5.33. The lowest BCUT2D eigenvalue weighted by Crippen LogP contribution is -2.15. The minimum atomic E-state index is -0.0846. The van der Waals surface area contributed by atoms with Crippen LogP contribution in [0.4, 0.5) is 5.69 Å². The van der Waals surface area contributed by atoms with Crippen LogP contribution < -0.4 is 5.32 Å². The van der Waals surface area contributed by atoms with E-state index in [0.717, 1.165) is 34.0 Å². The molecule has 0 fully saturated rings. The molecular formula is C27H30N4O2S. The van der Waals surface area contributed by atoms with Gasteiger partial charge in [0.2, 0.25) is 5.91 Å². The summed E-state index contributed by atoms with van der Waals surface area (Å²) in [6, 6.07) is 18.2. The molecule has 2 heterocycles. The maximum atomic E-state index is 12.6. The molecule has 0 aliphatic heterocycles. The highest BCUT2D eigenvalue weighted by Gasteiger charge is 2.19. The molecule has 2 aromatic carbocycles. The Labute approximate surface area is 204 Å². The SMILES string of the molecule is Cc1cc(C)cc(NC(=O)CSc2nnc(-c3ccc(C(C)(C)C)cc3)n2Cc2ccco2)c1. The second-order valence-electron chi connectivity index (χ2n) is 9.51. The molecule has 4 rings (SSSR count). The Hall–Kier alpha value is -3.32. The highest BCUT2D eigenvalue weighted by Crippen LogP contribution is 2.28. The van der Waals surface area contributed by atoms with E-state index in [1.54, 1.807) is 6.26 Å². The molecule has 1 amide bonds. The minimum Gasteiger partial charge on any atom is -0.467 e. The summed E-state index contributed by atoms with van der Waals surface area (Å²) in [6.07, 6.45) is 1.65. The van der Waals surface area contributed by atoms with Crippen molar-refractivity contribution in [1.82, 2.24) is 14.8 Å². The van der Waals surface area contributed by atoms with Gasteiger partial charge in [0.25, 0.3) is 0 Å². The smallest absolute Gasteiger partial charge is 0.234 e. The summed E-state index contributed by atoms with van der Waals surface area (Å²) in [4.78, 5) is 12.6. The standard InChI is InChI=1S/C27H30N4O2S/c1-18-13-19(2)15-22(14-18)28-24(32)17-34-26-30-29-25(31(26)16-23-7-6-12-33-23)20-8-10-21(11-9-20)27(3,4)5/h6-15H,16-17H2,1-5H3,(H,28,32). The molecule has 0 radical (unpaired) electrons. The van der Waals surface area contributed by atoms with Crippen LogP contribution in [0.2, 0.25) is 0 Å². The number of aromatic nitrogens is 3. The lowest BCUT2D eigenvalue weighted by atomic mass is 9.87. The van der Waals surface area contributed by atoms with Crippen molar-refractivity contribution in [2.45, 2.75) is 51.7 Å². The number of aryl methyl sites for hydroxylation is 2. The van der Waals surface area contributed by atoms with Gasteiger partial charge in [-0.1, -0.05) is 62.9 Å². The lowest BCUT2D eigenvalue weighted by molar-refractivity contribution is -0.113. The average molecular weight is 475 g/mol. The summed E-state index contributed by atoms with van der Waals surface area (Å²) in [7, 11) is 0. The first-order chi connectivity index (χ1) is 16.2. The van der Waals surface area contributed by atoms with Crippen LogP contribution in [0.1, 0.15) is 43.2 Å². The van der Waals surface area contributed by atoms with Gasteiger partial charge in [-0.05, 0) is 60.2 Å². The van der Waals surface area contributed by atoms with Gasteiger partial charge in [-0.3, -0.25) is 9.36 Å². The van der Waals surface area contributed by atoms with Crippen LogP contribution in [0.3, 0.4) is 0 Å². The van der Waals surface area contributed by atoms with Crippen molar-refractivity contribution in [2.75, 3.05) is 11.1 Å². The van der Waals surface area contributed by atoms with E-state index in [2.05, 4.69) is 66.6 Å². The summed E-state index contributed by atoms with van der Waals surface area (Å²) in [5.74, 6) is 1.69. The molecule has 0 atom stereocenters. The van der Waals surface area contributed by atoms with Crippen molar-refractivity contribution >= 4 is 23.4 Å². The molecule has 0 saturated carbocycles. The Balaban J connectivity index is 1.55. The van der Waals surface area contributed by atoms with Crippen molar-refractivity contribution in [3.63, 3.8) is 0 Å². The Morgan fingerprint density at radius 3 is 2.35 bits per heavy atom. The molecule has 0 aliphatic rings.